The van der Waals surface area contributed by atoms with Gasteiger partial charge >= 0.3 is 5.97 Å². The molecule has 1 aromatic carbocycles. The minimum atomic E-state index is -2.25. The van der Waals surface area contributed by atoms with Gasteiger partial charge in [0.25, 0.3) is 0 Å². The molecule has 0 bridgehead atoms. The summed E-state index contributed by atoms with van der Waals surface area (Å²) in [4.78, 5) is 11.8. The van der Waals surface area contributed by atoms with Crippen molar-refractivity contribution in [2.24, 2.45) is 0 Å². The average molecular weight is 369 g/mol. The number of carboxylic acid groups (broad SMARTS) is 1. The Morgan fingerprint density at radius 2 is 2.12 bits per heavy atom. The van der Waals surface area contributed by atoms with Crippen LogP contribution >= 0.6 is 0 Å². The Balaban J connectivity index is 2.46. The van der Waals surface area contributed by atoms with Gasteiger partial charge in [-0.05, 0) is 36.2 Å². The van der Waals surface area contributed by atoms with Crippen molar-refractivity contribution in [3.63, 3.8) is 0 Å². The zero-order valence-electron chi connectivity index (χ0n) is 13.8. The van der Waals surface area contributed by atoms with Crippen LogP contribution in [0.5, 0.6) is 0 Å². The lowest BCUT2D eigenvalue weighted by atomic mass is 9.98. The lowest BCUT2D eigenvalue weighted by Crippen LogP contribution is -2.14. The Morgan fingerprint density at radius 3 is 2.73 bits per heavy atom. The van der Waals surface area contributed by atoms with E-state index in [-0.39, 0.29) is 17.0 Å². The van der Waals surface area contributed by atoms with E-state index in [2.05, 4.69) is 11.2 Å². The van der Waals surface area contributed by atoms with Crippen molar-refractivity contribution in [3.8, 4) is 17.2 Å². The van der Waals surface area contributed by atoms with E-state index in [1.54, 1.807) is 34.8 Å². The standard InChI is InChI=1S/C18H15N3O4S/c1-2-13-6-7-15-16(12-5-3-4-11(8-12)9-19)14(10-26(24)25)17(18(22)23)20-21(13)15/h3-8H,2,10H2,1H3,(H,22,23)(H,24,25). The summed E-state index contributed by atoms with van der Waals surface area (Å²) in [6.45, 7) is 1.93. The number of aryl methyl sites for hydroxylation is 1. The number of hydrogen-bond acceptors (Lipinski definition) is 4. The summed E-state index contributed by atoms with van der Waals surface area (Å²) in [7, 11) is 0. The van der Waals surface area contributed by atoms with Crippen LogP contribution in [0, 0.1) is 11.3 Å². The number of rotatable bonds is 5. The van der Waals surface area contributed by atoms with Crippen LogP contribution in [-0.2, 0) is 23.3 Å². The van der Waals surface area contributed by atoms with E-state index in [4.69, 9.17) is 0 Å². The Morgan fingerprint density at radius 1 is 1.35 bits per heavy atom. The molecule has 1 unspecified atom stereocenters. The van der Waals surface area contributed by atoms with Crippen LogP contribution < -0.4 is 0 Å². The Bertz CT molecular complexity index is 1080. The molecule has 2 aromatic heterocycles. The first-order chi connectivity index (χ1) is 12.5. The molecule has 0 aliphatic rings. The first kappa shape index (κ1) is 17.8. The number of benzene rings is 1. The maximum atomic E-state index is 11.8. The maximum Gasteiger partial charge on any atom is 0.356 e. The van der Waals surface area contributed by atoms with E-state index < -0.39 is 17.0 Å². The van der Waals surface area contributed by atoms with E-state index in [0.717, 1.165) is 5.69 Å². The monoisotopic (exact) mass is 369 g/mol. The molecule has 7 nitrogen and oxygen atoms in total. The number of hydrogen-bond donors (Lipinski definition) is 2. The van der Waals surface area contributed by atoms with E-state index in [0.29, 0.717) is 28.6 Å². The minimum absolute atomic E-state index is 0.168. The molecular formula is C18H15N3O4S. The molecule has 2 heterocycles. The fourth-order valence-corrected chi connectivity index (χ4v) is 3.51. The molecule has 8 heteroatoms. The summed E-state index contributed by atoms with van der Waals surface area (Å²) in [6.07, 6.45) is 0.642. The molecule has 0 saturated carbocycles. The average Bonchev–Trinajstić information content (AvgIpc) is 3.03. The van der Waals surface area contributed by atoms with Gasteiger partial charge < -0.3 is 9.66 Å². The van der Waals surface area contributed by atoms with E-state index in [1.165, 1.54) is 0 Å². The minimum Gasteiger partial charge on any atom is -0.476 e. The van der Waals surface area contributed by atoms with Gasteiger partial charge in [0, 0.05) is 16.8 Å². The summed E-state index contributed by atoms with van der Waals surface area (Å²) in [5, 5.41) is 23.0. The van der Waals surface area contributed by atoms with Crippen LogP contribution in [0.15, 0.2) is 36.4 Å². The second-order valence-corrected chi connectivity index (χ2v) is 6.57. The molecule has 0 saturated heterocycles. The second-order valence-electron chi connectivity index (χ2n) is 5.64. The van der Waals surface area contributed by atoms with Crippen molar-refractivity contribution in [2.75, 3.05) is 0 Å². The highest BCUT2D eigenvalue weighted by molar-refractivity contribution is 7.78. The van der Waals surface area contributed by atoms with Gasteiger partial charge in [-0.15, -0.1) is 0 Å². The molecule has 3 rings (SSSR count). The van der Waals surface area contributed by atoms with Crippen molar-refractivity contribution >= 4 is 22.6 Å². The molecule has 0 aliphatic heterocycles. The van der Waals surface area contributed by atoms with Crippen molar-refractivity contribution in [1.29, 1.82) is 5.26 Å². The highest BCUT2D eigenvalue weighted by Gasteiger charge is 2.23. The summed E-state index contributed by atoms with van der Waals surface area (Å²) < 4.78 is 22.4. The van der Waals surface area contributed by atoms with E-state index in [1.807, 2.05) is 13.0 Å². The summed E-state index contributed by atoms with van der Waals surface area (Å²) >= 11 is -2.25. The van der Waals surface area contributed by atoms with Crippen LogP contribution in [0.2, 0.25) is 0 Å². The molecule has 3 aromatic rings. The number of carboxylic acids is 1. The van der Waals surface area contributed by atoms with E-state index in [9.17, 15) is 23.9 Å². The molecule has 0 spiro atoms. The van der Waals surface area contributed by atoms with Crippen molar-refractivity contribution in [2.45, 2.75) is 19.1 Å². The van der Waals surface area contributed by atoms with Crippen LogP contribution in [0.1, 0.15) is 34.2 Å². The van der Waals surface area contributed by atoms with Gasteiger partial charge in [-0.1, -0.05) is 19.1 Å². The third kappa shape index (κ3) is 3.10. The molecule has 1 atom stereocenters. The number of aromatic nitrogens is 2. The van der Waals surface area contributed by atoms with Crippen LogP contribution in [0.3, 0.4) is 0 Å². The topological polar surface area (TPSA) is 116 Å². The lowest BCUT2D eigenvalue weighted by Gasteiger charge is -2.14. The third-order valence-corrected chi connectivity index (χ3v) is 4.63. The quantitative estimate of drug-likeness (QED) is 0.668. The Labute approximate surface area is 151 Å². The fraction of sp³-hybridized carbons (Fsp3) is 0.167. The maximum absolute atomic E-state index is 11.8. The summed E-state index contributed by atoms with van der Waals surface area (Å²) in [5.41, 5.74) is 2.84. The molecule has 0 fully saturated rings. The zero-order chi connectivity index (χ0) is 18.8. The normalized spacial score (nSPS) is 12.0. The molecule has 0 amide bonds. The predicted molar refractivity (Wildman–Crippen MR) is 96.2 cm³/mol. The van der Waals surface area contributed by atoms with Gasteiger partial charge in [-0.25, -0.2) is 13.5 Å². The Hall–Kier alpha value is -3.02. The summed E-state index contributed by atoms with van der Waals surface area (Å²) in [6, 6.07) is 12.4. The zero-order valence-corrected chi connectivity index (χ0v) is 14.7. The SMILES string of the molecule is CCc1ccc2c(-c3cccc(C#N)c3)c(CS(=O)O)c(C(=O)O)nn12. The summed E-state index contributed by atoms with van der Waals surface area (Å²) in [5.74, 6) is -1.65. The second kappa shape index (κ2) is 7.07. The number of nitrogens with zero attached hydrogens (tertiary/aromatic N) is 3. The van der Waals surface area contributed by atoms with Crippen LogP contribution in [0.25, 0.3) is 16.6 Å². The number of fused-ring (bicyclic) bond motifs is 1. The molecule has 0 radical (unpaired) electrons. The molecule has 132 valence electrons. The first-order valence-corrected chi connectivity index (χ1v) is 9.08. The highest BCUT2D eigenvalue weighted by atomic mass is 32.2. The van der Waals surface area contributed by atoms with Gasteiger partial charge in [-0.2, -0.15) is 10.4 Å². The van der Waals surface area contributed by atoms with E-state index >= 15 is 0 Å². The number of nitriles is 1. The molecule has 2 N–H and O–H groups in total. The third-order valence-electron chi connectivity index (χ3n) is 4.09. The smallest absolute Gasteiger partial charge is 0.356 e. The molecular weight excluding hydrogens is 354 g/mol. The van der Waals surface area contributed by atoms with Gasteiger partial charge in [0.15, 0.2) is 16.8 Å². The van der Waals surface area contributed by atoms with Crippen molar-refractivity contribution < 1.29 is 18.7 Å². The Kier molecular flexibility index (Phi) is 4.84. The fourth-order valence-electron chi connectivity index (χ4n) is 2.98. The van der Waals surface area contributed by atoms with Gasteiger partial charge in [0.2, 0.25) is 0 Å². The molecule has 0 aliphatic carbocycles. The van der Waals surface area contributed by atoms with Crippen LogP contribution in [-0.4, -0.2) is 29.5 Å². The van der Waals surface area contributed by atoms with Gasteiger partial charge in [-0.3, -0.25) is 0 Å². The van der Waals surface area contributed by atoms with Crippen LogP contribution in [0.4, 0.5) is 0 Å². The van der Waals surface area contributed by atoms with Crippen molar-refractivity contribution in [3.05, 3.63) is 58.9 Å². The predicted octanol–water partition coefficient (Wildman–Crippen LogP) is 2.86. The van der Waals surface area contributed by atoms with Crippen molar-refractivity contribution in [1.82, 2.24) is 9.61 Å². The number of carbonyl (C=O) groups is 1. The van der Waals surface area contributed by atoms with Gasteiger partial charge in [0.1, 0.15) is 0 Å². The largest absolute Gasteiger partial charge is 0.476 e. The first-order valence-electron chi connectivity index (χ1n) is 7.81. The number of aromatic carboxylic acids is 1. The lowest BCUT2D eigenvalue weighted by molar-refractivity contribution is 0.0688. The van der Waals surface area contributed by atoms with Gasteiger partial charge in [0.05, 0.1) is 22.9 Å². The highest BCUT2D eigenvalue weighted by Crippen LogP contribution is 2.33. The molecule has 26 heavy (non-hydrogen) atoms.